The van der Waals surface area contributed by atoms with Crippen molar-refractivity contribution in [2.45, 2.75) is 24.2 Å². The number of carbonyl (C=O) groups is 1. The first-order chi connectivity index (χ1) is 15.4. The van der Waals surface area contributed by atoms with E-state index in [1.807, 2.05) is 0 Å². The Morgan fingerprint density at radius 2 is 1.84 bits per heavy atom. The van der Waals surface area contributed by atoms with Gasteiger partial charge in [0.25, 0.3) is 11.6 Å². The molecule has 0 atom stereocenters. The third-order valence-electron chi connectivity index (χ3n) is 5.14. The number of hydrazone groups is 1. The van der Waals surface area contributed by atoms with Gasteiger partial charge in [-0.05, 0) is 37.1 Å². The van der Waals surface area contributed by atoms with E-state index in [9.17, 15) is 23.3 Å². The van der Waals surface area contributed by atoms with Crippen molar-refractivity contribution in [2.24, 2.45) is 5.10 Å². The second kappa shape index (κ2) is 8.93. The predicted octanol–water partition coefficient (Wildman–Crippen LogP) is 2.26. The molecule has 0 aliphatic carbocycles. The number of nitro benzene ring substituents is 1. The molecule has 0 aromatic heterocycles. The van der Waals surface area contributed by atoms with Crippen LogP contribution in [0.15, 0.2) is 46.4 Å². The van der Waals surface area contributed by atoms with E-state index >= 15 is 0 Å². The smallest absolute Gasteiger partial charge is 0.282 e. The van der Waals surface area contributed by atoms with Gasteiger partial charge in [-0.15, -0.1) is 0 Å². The molecule has 0 saturated carbocycles. The van der Waals surface area contributed by atoms with Gasteiger partial charge in [0.15, 0.2) is 11.5 Å². The number of fused-ring (bicyclic) bond motifs is 1. The number of hydrogen-bond donors (Lipinski definition) is 1. The minimum Gasteiger partial charge on any atom is -0.454 e. The van der Waals surface area contributed by atoms with Gasteiger partial charge in [0.1, 0.15) is 0 Å². The molecular weight excluding hydrogens is 440 g/mol. The first kappa shape index (κ1) is 21.7. The summed E-state index contributed by atoms with van der Waals surface area (Å²) in [4.78, 5) is 23.2. The highest BCUT2D eigenvalue weighted by Crippen LogP contribution is 2.37. The Morgan fingerprint density at radius 1 is 1.12 bits per heavy atom. The van der Waals surface area contributed by atoms with Crippen LogP contribution < -0.4 is 14.9 Å². The number of piperidine rings is 1. The summed E-state index contributed by atoms with van der Waals surface area (Å²) in [6.45, 7) is 0.870. The van der Waals surface area contributed by atoms with Gasteiger partial charge in [0, 0.05) is 18.7 Å². The molecule has 168 valence electrons. The molecule has 11 nitrogen and oxygen atoms in total. The summed E-state index contributed by atoms with van der Waals surface area (Å²) in [7, 11) is -3.69. The van der Waals surface area contributed by atoms with Crippen LogP contribution in [0.3, 0.4) is 0 Å². The number of benzene rings is 2. The lowest BCUT2D eigenvalue weighted by molar-refractivity contribution is -0.385. The van der Waals surface area contributed by atoms with Crippen molar-refractivity contribution >= 4 is 27.8 Å². The van der Waals surface area contributed by atoms with E-state index in [0.717, 1.165) is 25.5 Å². The minimum absolute atomic E-state index is 0.0300. The Balaban J connectivity index is 1.50. The molecule has 0 bridgehead atoms. The first-order valence-electron chi connectivity index (χ1n) is 9.88. The van der Waals surface area contributed by atoms with Crippen molar-refractivity contribution in [1.82, 2.24) is 9.73 Å². The fourth-order valence-corrected chi connectivity index (χ4v) is 5.05. The van der Waals surface area contributed by atoms with Gasteiger partial charge in [-0.2, -0.15) is 9.41 Å². The first-order valence-corrected chi connectivity index (χ1v) is 11.3. The number of nitrogens with zero attached hydrogens (tertiary/aromatic N) is 3. The lowest BCUT2D eigenvalue weighted by atomic mass is 10.1. The molecule has 2 aromatic rings. The molecule has 2 aromatic carbocycles. The van der Waals surface area contributed by atoms with E-state index in [0.29, 0.717) is 18.8 Å². The van der Waals surface area contributed by atoms with Crippen LogP contribution in [0.25, 0.3) is 0 Å². The van der Waals surface area contributed by atoms with Crippen LogP contribution in [0.2, 0.25) is 0 Å². The molecule has 32 heavy (non-hydrogen) atoms. The average molecular weight is 460 g/mol. The van der Waals surface area contributed by atoms with Crippen molar-refractivity contribution in [3.63, 3.8) is 0 Å². The number of carbonyl (C=O) groups excluding carboxylic acids is 1. The number of nitro groups is 1. The summed E-state index contributed by atoms with van der Waals surface area (Å²) >= 11 is 0. The molecule has 2 heterocycles. The normalized spacial score (nSPS) is 16.2. The van der Waals surface area contributed by atoms with Crippen LogP contribution in [-0.2, 0) is 10.0 Å². The molecular formula is C20H20N4O7S. The van der Waals surface area contributed by atoms with Crippen molar-refractivity contribution in [3.8, 4) is 11.5 Å². The molecule has 0 radical (unpaired) electrons. The van der Waals surface area contributed by atoms with Gasteiger partial charge in [0.05, 0.1) is 27.7 Å². The molecule has 0 spiro atoms. The van der Waals surface area contributed by atoms with Gasteiger partial charge >= 0.3 is 0 Å². The van der Waals surface area contributed by atoms with Crippen LogP contribution in [-0.4, -0.2) is 49.7 Å². The average Bonchev–Trinajstić information content (AvgIpc) is 3.26. The fraction of sp³-hybridized carbons (Fsp3) is 0.300. The predicted molar refractivity (Wildman–Crippen MR) is 113 cm³/mol. The van der Waals surface area contributed by atoms with Crippen LogP contribution in [0.1, 0.15) is 35.2 Å². The third-order valence-corrected chi connectivity index (χ3v) is 7.03. The zero-order chi connectivity index (χ0) is 22.7. The molecule has 0 unspecified atom stereocenters. The number of rotatable bonds is 6. The lowest BCUT2D eigenvalue weighted by Gasteiger charge is -2.25. The molecule has 1 fully saturated rings. The Morgan fingerprint density at radius 3 is 2.56 bits per heavy atom. The molecule has 1 N–H and O–H groups in total. The molecule has 2 aliphatic rings. The Bertz CT molecular complexity index is 1190. The van der Waals surface area contributed by atoms with Gasteiger partial charge in [-0.25, -0.2) is 13.8 Å². The molecule has 1 amide bonds. The highest BCUT2D eigenvalue weighted by molar-refractivity contribution is 7.89. The Labute approximate surface area is 183 Å². The van der Waals surface area contributed by atoms with Crippen molar-refractivity contribution in [2.75, 3.05) is 19.9 Å². The maximum atomic E-state index is 12.8. The van der Waals surface area contributed by atoms with E-state index in [-0.39, 0.29) is 34.3 Å². The summed E-state index contributed by atoms with van der Waals surface area (Å²) in [6, 6.07) is 8.29. The summed E-state index contributed by atoms with van der Waals surface area (Å²) in [5, 5.41) is 15.1. The highest BCUT2D eigenvalue weighted by Gasteiger charge is 2.26. The van der Waals surface area contributed by atoms with Crippen molar-refractivity contribution < 1.29 is 27.6 Å². The van der Waals surface area contributed by atoms with Crippen LogP contribution in [0, 0.1) is 10.1 Å². The SMILES string of the molecule is O=C(N/N=C/c1cc2c(cc1[N+](=O)[O-])OCO2)c1cccc(S(=O)(=O)N2CCCCC2)c1. The number of sulfonamides is 1. The van der Waals surface area contributed by atoms with E-state index in [1.54, 1.807) is 0 Å². The molecule has 2 aliphatic heterocycles. The monoisotopic (exact) mass is 460 g/mol. The Hall–Kier alpha value is -3.51. The van der Waals surface area contributed by atoms with Gasteiger partial charge in [-0.1, -0.05) is 12.5 Å². The maximum Gasteiger partial charge on any atom is 0.282 e. The van der Waals surface area contributed by atoms with Crippen LogP contribution in [0.5, 0.6) is 11.5 Å². The molecule has 4 rings (SSSR count). The third kappa shape index (κ3) is 4.41. The van der Waals surface area contributed by atoms with Gasteiger partial charge < -0.3 is 9.47 Å². The topological polar surface area (TPSA) is 140 Å². The van der Waals surface area contributed by atoms with E-state index in [1.165, 1.54) is 40.7 Å². The number of amides is 1. The highest BCUT2D eigenvalue weighted by atomic mass is 32.2. The summed E-state index contributed by atoms with van der Waals surface area (Å²) in [6.07, 6.45) is 3.72. The fourth-order valence-electron chi connectivity index (χ4n) is 3.49. The largest absolute Gasteiger partial charge is 0.454 e. The van der Waals surface area contributed by atoms with Gasteiger partial charge in [-0.3, -0.25) is 14.9 Å². The Kier molecular flexibility index (Phi) is 6.06. The van der Waals surface area contributed by atoms with Crippen molar-refractivity contribution in [1.29, 1.82) is 0 Å². The zero-order valence-electron chi connectivity index (χ0n) is 16.9. The van der Waals surface area contributed by atoms with Crippen LogP contribution in [0.4, 0.5) is 5.69 Å². The van der Waals surface area contributed by atoms with E-state index in [2.05, 4.69) is 10.5 Å². The molecule has 1 saturated heterocycles. The second-order valence-corrected chi connectivity index (χ2v) is 9.15. The maximum absolute atomic E-state index is 12.8. The molecule has 12 heteroatoms. The zero-order valence-corrected chi connectivity index (χ0v) is 17.7. The van der Waals surface area contributed by atoms with Crippen molar-refractivity contribution in [3.05, 3.63) is 57.6 Å². The lowest BCUT2D eigenvalue weighted by Crippen LogP contribution is -2.35. The number of hydrogen-bond acceptors (Lipinski definition) is 8. The summed E-state index contributed by atoms with van der Waals surface area (Å²) in [5.74, 6) is -0.0658. The quantitative estimate of drug-likeness (QED) is 0.396. The van der Waals surface area contributed by atoms with Crippen LogP contribution >= 0.6 is 0 Å². The van der Waals surface area contributed by atoms with E-state index < -0.39 is 20.9 Å². The second-order valence-electron chi connectivity index (χ2n) is 7.21. The standard InChI is InChI=1S/C20H20N4O7S/c25-20(14-5-4-6-16(9-14)32(28,29)23-7-2-1-3-8-23)22-21-12-15-10-18-19(31-13-30-18)11-17(15)24(26)27/h4-6,9-12H,1-3,7-8,13H2,(H,22,25)/b21-12+. The van der Waals surface area contributed by atoms with E-state index in [4.69, 9.17) is 9.47 Å². The summed E-state index contributed by atoms with van der Waals surface area (Å²) in [5.41, 5.74) is 2.21. The van der Waals surface area contributed by atoms with Gasteiger partial charge in [0.2, 0.25) is 16.8 Å². The number of ether oxygens (including phenoxy) is 2. The minimum atomic E-state index is -3.69. The number of nitrogens with one attached hydrogen (secondary N) is 1. The summed E-state index contributed by atoms with van der Waals surface area (Å²) < 4.78 is 37.4.